The zero-order chi connectivity index (χ0) is 38.7. The number of thioether (sulfide) groups is 1. The molecule has 0 saturated carbocycles. The van der Waals surface area contributed by atoms with Crippen LogP contribution in [0.1, 0.15) is 48.5 Å². The van der Waals surface area contributed by atoms with Gasteiger partial charge in [-0.3, -0.25) is 33.6 Å². The molecule has 0 aliphatic carbocycles. The van der Waals surface area contributed by atoms with Crippen LogP contribution in [0.4, 0.5) is 0 Å². The second-order valence-corrected chi connectivity index (χ2v) is 12.6. The van der Waals surface area contributed by atoms with Gasteiger partial charge in [0.1, 0.15) is 42.7 Å². The molecule has 0 amide bonds. The summed E-state index contributed by atoms with van der Waals surface area (Å²) < 4.78 is 62.2. The molecule has 2 aliphatic heterocycles. The first-order valence-corrected chi connectivity index (χ1v) is 16.8. The van der Waals surface area contributed by atoms with Crippen LogP contribution in [-0.4, -0.2) is 123 Å². The van der Waals surface area contributed by atoms with Gasteiger partial charge in [0, 0.05) is 53.4 Å². The summed E-state index contributed by atoms with van der Waals surface area (Å²) in [5, 5.41) is 0. The average Bonchev–Trinajstić information content (AvgIpc) is 3.03. The van der Waals surface area contributed by atoms with Gasteiger partial charge in [0.2, 0.25) is 0 Å². The molecule has 2 fully saturated rings. The van der Waals surface area contributed by atoms with Gasteiger partial charge >= 0.3 is 41.8 Å². The Morgan fingerprint density at radius 3 is 1.42 bits per heavy atom. The van der Waals surface area contributed by atoms with Gasteiger partial charge in [-0.1, -0.05) is 11.8 Å². The average molecular weight is 759 g/mol. The number of hydrogen-bond donors (Lipinski definition) is 0. The summed E-state index contributed by atoms with van der Waals surface area (Å²) in [6.07, 6.45) is -13.6. The molecule has 0 spiro atoms. The molecule has 0 unspecified atom stereocenters. The van der Waals surface area contributed by atoms with Crippen LogP contribution in [0, 0.1) is 0 Å². The molecule has 0 radical (unpaired) electrons. The molecule has 288 valence electrons. The lowest BCUT2D eigenvalue weighted by Gasteiger charge is -2.48. The van der Waals surface area contributed by atoms with Crippen molar-refractivity contribution in [3.05, 3.63) is 24.3 Å². The van der Waals surface area contributed by atoms with Crippen molar-refractivity contribution in [3.63, 3.8) is 0 Å². The van der Waals surface area contributed by atoms with E-state index in [9.17, 15) is 33.6 Å². The fraction of sp³-hybridized carbons (Fsp3) is 0.606. The summed E-state index contributed by atoms with van der Waals surface area (Å²) >= 11 is 1.09. The summed E-state index contributed by atoms with van der Waals surface area (Å²) in [6.45, 7) is 6.59. The molecule has 0 N–H and O–H groups in total. The Balaban J connectivity index is 2.16. The van der Waals surface area contributed by atoms with E-state index < -0.39 is 116 Å². The number of benzene rings is 1. The molecule has 0 bridgehead atoms. The van der Waals surface area contributed by atoms with Gasteiger partial charge in [-0.15, -0.1) is 0 Å². The molecule has 1 aromatic carbocycles. The number of carbonyl (C=O) groups is 7. The molecule has 52 heavy (non-hydrogen) atoms. The predicted molar refractivity (Wildman–Crippen MR) is 172 cm³/mol. The van der Waals surface area contributed by atoms with Crippen molar-refractivity contribution >= 4 is 53.5 Å². The second kappa shape index (κ2) is 19.4. The topological polar surface area (TPSA) is 221 Å². The first kappa shape index (κ1) is 42.0. The fourth-order valence-corrected chi connectivity index (χ4v) is 6.46. The maximum absolute atomic E-state index is 12.6. The van der Waals surface area contributed by atoms with Gasteiger partial charge in [-0.05, 0) is 24.3 Å². The number of ether oxygens (including phenoxy) is 11. The standard InChI is InChI=1S/C33H42O18S/c1-15(34)42-13-24-26(44-17(3)36)28(45-18(4)37)30(47-20(6)39)32(49-24)51-27-25(14-43-16(2)35)50-33(52-23-11-9-22(41-8)10-12-23)31(48-21(7)40)29(27)46-19(5)38/h9-12,24-33H,13-14H2,1-8H3/t24-,25-,26-,27-,28+,29+,30-,31-,32-,33+/m1/s1. The fourth-order valence-electron chi connectivity index (χ4n) is 5.36. The Kier molecular flexibility index (Phi) is 15.7. The summed E-state index contributed by atoms with van der Waals surface area (Å²) in [5.41, 5.74) is -1.10. The van der Waals surface area contributed by atoms with E-state index in [1.54, 1.807) is 24.3 Å². The lowest BCUT2D eigenvalue weighted by Crippen LogP contribution is -2.66. The van der Waals surface area contributed by atoms with E-state index in [0.29, 0.717) is 10.6 Å². The highest BCUT2D eigenvalue weighted by molar-refractivity contribution is 7.99. The largest absolute Gasteiger partial charge is 0.497 e. The molecule has 19 heteroatoms. The molecule has 1 aromatic rings. The van der Waals surface area contributed by atoms with Gasteiger partial charge in [-0.25, -0.2) is 0 Å². The third kappa shape index (κ3) is 12.3. The lowest BCUT2D eigenvalue weighted by molar-refractivity contribution is -0.341. The van der Waals surface area contributed by atoms with Gasteiger partial charge in [0.25, 0.3) is 0 Å². The third-order valence-electron chi connectivity index (χ3n) is 7.20. The zero-order valence-electron chi connectivity index (χ0n) is 29.8. The van der Waals surface area contributed by atoms with Gasteiger partial charge in [0.05, 0.1) is 7.11 Å². The number of carbonyl (C=O) groups excluding carboxylic acids is 7. The highest BCUT2D eigenvalue weighted by atomic mass is 32.2. The minimum absolute atomic E-state index is 0.491. The van der Waals surface area contributed by atoms with Crippen LogP contribution >= 0.6 is 11.8 Å². The van der Waals surface area contributed by atoms with E-state index in [4.69, 9.17) is 52.1 Å². The van der Waals surface area contributed by atoms with Crippen molar-refractivity contribution in [2.45, 2.75) is 114 Å². The maximum Gasteiger partial charge on any atom is 0.303 e. The van der Waals surface area contributed by atoms with Crippen LogP contribution < -0.4 is 4.74 Å². The van der Waals surface area contributed by atoms with Gasteiger partial charge in [-0.2, -0.15) is 0 Å². The molecular formula is C33H42O18S. The maximum atomic E-state index is 12.6. The van der Waals surface area contributed by atoms with Crippen LogP contribution in [0.25, 0.3) is 0 Å². The molecule has 2 aliphatic rings. The van der Waals surface area contributed by atoms with E-state index in [1.165, 1.54) is 7.11 Å². The summed E-state index contributed by atoms with van der Waals surface area (Å²) in [4.78, 5) is 86.4. The molecule has 2 heterocycles. The van der Waals surface area contributed by atoms with E-state index in [1.807, 2.05) is 0 Å². The number of hydrogen-bond acceptors (Lipinski definition) is 19. The minimum Gasteiger partial charge on any atom is -0.497 e. The molecule has 18 nitrogen and oxygen atoms in total. The van der Waals surface area contributed by atoms with E-state index >= 15 is 0 Å². The summed E-state index contributed by atoms with van der Waals surface area (Å²) in [7, 11) is 1.50. The molecule has 0 aromatic heterocycles. The predicted octanol–water partition coefficient (Wildman–Crippen LogP) is 1.41. The van der Waals surface area contributed by atoms with Gasteiger partial charge in [0.15, 0.2) is 36.8 Å². The first-order chi connectivity index (χ1) is 24.5. The zero-order valence-corrected chi connectivity index (χ0v) is 30.6. The first-order valence-electron chi connectivity index (χ1n) is 15.9. The Morgan fingerprint density at radius 2 is 0.962 bits per heavy atom. The van der Waals surface area contributed by atoms with Crippen molar-refractivity contribution in [2.75, 3.05) is 20.3 Å². The molecule has 10 atom stereocenters. The molecular weight excluding hydrogens is 716 g/mol. The van der Waals surface area contributed by atoms with Crippen LogP contribution in [0.15, 0.2) is 29.2 Å². The third-order valence-corrected chi connectivity index (χ3v) is 8.35. The van der Waals surface area contributed by atoms with Crippen LogP contribution in [-0.2, 0) is 80.9 Å². The van der Waals surface area contributed by atoms with Crippen LogP contribution in [0.2, 0.25) is 0 Å². The monoisotopic (exact) mass is 758 g/mol. The van der Waals surface area contributed by atoms with Crippen LogP contribution in [0.5, 0.6) is 5.75 Å². The number of methoxy groups -OCH3 is 1. The smallest absolute Gasteiger partial charge is 0.303 e. The number of rotatable bonds is 14. The van der Waals surface area contributed by atoms with Crippen molar-refractivity contribution in [1.29, 1.82) is 0 Å². The highest BCUT2D eigenvalue weighted by Crippen LogP contribution is 2.40. The van der Waals surface area contributed by atoms with Crippen molar-refractivity contribution < 1.29 is 85.7 Å². The van der Waals surface area contributed by atoms with E-state index in [0.717, 1.165) is 60.2 Å². The summed E-state index contributed by atoms with van der Waals surface area (Å²) in [6, 6.07) is 6.78. The second-order valence-electron chi connectivity index (χ2n) is 11.5. The lowest BCUT2D eigenvalue weighted by atomic mass is 9.96. The normalized spacial score (nSPS) is 28.3. The van der Waals surface area contributed by atoms with Crippen molar-refractivity contribution in [3.8, 4) is 5.75 Å². The molecule has 3 rings (SSSR count). The van der Waals surface area contributed by atoms with Crippen LogP contribution in [0.3, 0.4) is 0 Å². The van der Waals surface area contributed by atoms with Crippen molar-refractivity contribution in [2.24, 2.45) is 0 Å². The quantitative estimate of drug-likeness (QED) is 0.193. The van der Waals surface area contributed by atoms with E-state index in [2.05, 4.69) is 0 Å². The highest BCUT2D eigenvalue weighted by Gasteiger charge is 2.57. The Bertz CT molecular complexity index is 1450. The number of esters is 7. The van der Waals surface area contributed by atoms with E-state index in [-0.39, 0.29) is 0 Å². The van der Waals surface area contributed by atoms with Gasteiger partial charge < -0.3 is 52.1 Å². The molecule has 2 saturated heterocycles. The summed E-state index contributed by atoms with van der Waals surface area (Å²) in [5.74, 6) is -5.13. The Labute approximate surface area is 303 Å². The minimum atomic E-state index is -1.77. The Morgan fingerprint density at radius 1 is 0.538 bits per heavy atom. The SMILES string of the molecule is COc1ccc(S[C@@H]2O[C@H](COC(C)=O)[C@@H](O[C@H]3O[C@H](COC(C)=O)[C@@H](OC(C)=O)[C@H](OC(C)=O)[C@H]3OC(C)=O)[C@H](OC(C)=O)[C@H]2OC(C)=O)cc1. The van der Waals surface area contributed by atoms with Crippen molar-refractivity contribution in [1.82, 2.24) is 0 Å². The Hall–Kier alpha value is -4.46.